The van der Waals surface area contributed by atoms with Crippen molar-refractivity contribution in [1.29, 1.82) is 0 Å². The van der Waals surface area contributed by atoms with E-state index in [-0.39, 0.29) is 19.0 Å². The van der Waals surface area contributed by atoms with Gasteiger partial charge in [0.15, 0.2) is 5.96 Å². The molecule has 0 heterocycles. The Kier molecular flexibility index (Phi) is 12.2. The summed E-state index contributed by atoms with van der Waals surface area (Å²) in [6.07, 6.45) is 0.0811. The summed E-state index contributed by atoms with van der Waals surface area (Å²) >= 11 is 0. The number of nitrogens with zero attached hydrogens (tertiary/aromatic N) is 1. The second-order valence-electron chi connectivity index (χ2n) is 5.52. The average molecular weight is 371 g/mol. The molecule has 0 aliphatic heterocycles. The molecule has 0 fully saturated rings. The van der Waals surface area contributed by atoms with Gasteiger partial charge in [0.05, 0.1) is 19.8 Å². The molecule has 0 saturated carbocycles. The highest BCUT2D eigenvalue weighted by atomic mass is 19.1. The van der Waals surface area contributed by atoms with Crippen molar-refractivity contribution in [3.8, 4) is 5.75 Å². The van der Waals surface area contributed by atoms with Crippen LogP contribution in [-0.4, -0.2) is 70.3 Å². The van der Waals surface area contributed by atoms with Crippen LogP contribution in [0.3, 0.4) is 0 Å². The standard InChI is InChI=1S/C18H30FN3O4/c1-3-20-18(21-9-4-10-25-12-11-24-2)22-13-16(23)14-26-17-7-5-15(19)6-8-17/h5-8,16,23H,3-4,9-14H2,1-2H3,(H2,20,21,22). The number of ether oxygens (including phenoxy) is 3. The summed E-state index contributed by atoms with van der Waals surface area (Å²) in [6, 6.07) is 5.66. The van der Waals surface area contributed by atoms with E-state index in [0.29, 0.717) is 38.1 Å². The molecule has 1 aromatic rings. The first-order chi connectivity index (χ1) is 12.7. The Morgan fingerprint density at radius 3 is 2.65 bits per heavy atom. The number of aliphatic hydroxyl groups excluding tert-OH is 1. The maximum atomic E-state index is 12.8. The normalized spacial score (nSPS) is 12.7. The zero-order valence-corrected chi connectivity index (χ0v) is 15.5. The summed E-state index contributed by atoms with van der Waals surface area (Å²) in [7, 11) is 1.64. The molecule has 0 aliphatic carbocycles. The molecule has 7 nitrogen and oxygen atoms in total. The Hall–Kier alpha value is -1.90. The van der Waals surface area contributed by atoms with Gasteiger partial charge in [-0.15, -0.1) is 0 Å². The first kappa shape index (κ1) is 22.1. The number of halogens is 1. The molecule has 148 valence electrons. The molecular formula is C18H30FN3O4. The van der Waals surface area contributed by atoms with Crippen molar-refractivity contribution in [1.82, 2.24) is 10.6 Å². The van der Waals surface area contributed by atoms with Crippen molar-refractivity contribution in [3.05, 3.63) is 30.1 Å². The van der Waals surface area contributed by atoms with E-state index in [0.717, 1.165) is 13.0 Å². The van der Waals surface area contributed by atoms with Gasteiger partial charge in [-0.25, -0.2) is 4.39 Å². The Morgan fingerprint density at radius 2 is 1.96 bits per heavy atom. The molecule has 0 bridgehead atoms. The van der Waals surface area contributed by atoms with Crippen LogP contribution in [0, 0.1) is 5.82 Å². The van der Waals surface area contributed by atoms with Gasteiger partial charge in [-0.1, -0.05) is 0 Å². The minimum absolute atomic E-state index is 0.0852. The first-order valence-corrected chi connectivity index (χ1v) is 8.81. The Morgan fingerprint density at radius 1 is 1.19 bits per heavy atom. The maximum Gasteiger partial charge on any atom is 0.191 e. The average Bonchev–Trinajstić information content (AvgIpc) is 2.64. The number of methoxy groups -OCH3 is 1. The molecule has 1 atom stereocenters. The third-order valence-corrected chi connectivity index (χ3v) is 3.25. The van der Waals surface area contributed by atoms with Crippen LogP contribution >= 0.6 is 0 Å². The number of hydrogen-bond donors (Lipinski definition) is 3. The van der Waals surface area contributed by atoms with Gasteiger partial charge in [0, 0.05) is 26.8 Å². The van der Waals surface area contributed by atoms with E-state index in [2.05, 4.69) is 15.6 Å². The number of rotatable bonds is 13. The molecule has 0 aromatic heterocycles. The Labute approximate surface area is 154 Å². The number of benzene rings is 1. The van der Waals surface area contributed by atoms with Crippen molar-refractivity contribution < 1.29 is 23.7 Å². The molecule has 0 saturated heterocycles. The second kappa shape index (κ2) is 14.3. The molecule has 0 spiro atoms. The van der Waals surface area contributed by atoms with E-state index >= 15 is 0 Å². The smallest absolute Gasteiger partial charge is 0.191 e. The van der Waals surface area contributed by atoms with Crippen molar-refractivity contribution in [2.24, 2.45) is 4.99 Å². The second-order valence-corrected chi connectivity index (χ2v) is 5.52. The van der Waals surface area contributed by atoms with E-state index in [1.54, 1.807) is 7.11 Å². The SMILES string of the molecule is CCNC(=NCC(O)COc1ccc(F)cc1)NCCCOCCOC. The lowest BCUT2D eigenvalue weighted by Gasteiger charge is -2.14. The number of hydrogen-bond acceptors (Lipinski definition) is 5. The first-order valence-electron chi connectivity index (χ1n) is 8.81. The summed E-state index contributed by atoms with van der Waals surface area (Å²) in [5.41, 5.74) is 0. The lowest BCUT2D eigenvalue weighted by atomic mass is 10.3. The summed E-state index contributed by atoms with van der Waals surface area (Å²) < 4.78 is 28.5. The van der Waals surface area contributed by atoms with Crippen LogP contribution in [0.2, 0.25) is 0 Å². The van der Waals surface area contributed by atoms with Crippen LogP contribution in [0.1, 0.15) is 13.3 Å². The molecule has 1 aromatic carbocycles. The fourth-order valence-corrected chi connectivity index (χ4v) is 1.94. The summed E-state index contributed by atoms with van der Waals surface area (Å²) in [6.45, 7) is 5.51. The van der Waals surface area contributed by atoms with Crippen molar-refractivity contribution in [2.45, 2.75) is 19.4 Å². The van der Waals surface area contributed by atoms with Gasteiger partial charge in [-0.2, -0.15) is 0 Å². The van der Waals surface area contributed by atoms with Crippen LogP contribution in [0.4, 0.5) is 4.39 Å². The van der Waals surface area contributed by atoms with Crippen molar-refractivity contribution >= 4 is 5.96 Å². The predicted octanol–water partition coefficient (Wildman–Crippen LogP) is 1.17. The van der Waals surface area contributed by atoms with Crippen molar-refractivity contribution in [3.63, 3.8) is 0 Å². The third-order valence-electron chi connectivity index (χ3n) is 3.25. The highest BCUT2D eigenvalue weighted by molar-refractivity contribution is 5.79. The highest BCUT2D eigenvalue weighted by Crippen LogP contribution is 2.11. The van der Waals surface area contributed by atoms with E-state index in [1.165, 1.54) is 24.3 Å². The minimum atomic E-state index is -0.757. The van der Waals surface area contributed by atoms with E-state index in [4.69, 9.17) is 14.2 Å². The molecule has 26 heavy (non-hydrogen) atoms. The minimum Gasteiger partial charge on any atom is -0.491 e. The van der Waals surface area contributed by atoms with Crippen LogP contribution < -0.4 is 15.4 Å². The van der Waals surface area contributed by atoms with Gasteiger partial charge in [-0.05, 0) is 37.6 Å². The van der Waals surface area contributed by atoms with Gasteiger partial charge in [0.1, 0.15) is 24.3 Å². The van der Waals surface area contributed by atoms with Gasteiger partial charge in [0.2, 0.25) is 0 Å². The molecule has 1 unspecified atom stereocenters. The third kappa shape index (κ3) is 10.9. The van der Waals surface area contributed by atoms with E-state index in [9.17, 15) is 9.50 Å². The number of aliphatic hydroxyl groups is 1. The van der Waals surface area contributed by atoms with E-state index < -0.39 is 6.10 Å². The molecule has 3 N–H and O–H groups in total. The lowest BCUT2D eigenvalue weighted by molar-refractivity contribution is 0.0698. The number of nitrogens with one attached hydrogen (secondary N) is 2. The molecular weight excluding hydrogens is 341 g/mol. The molecule has 0 aliphatic rings. The van der Waals surface area contributed by atoms with Crippen LogP contribution in [-0.2, 0) is 9.47 Å². The highest BCUT2D eigenvalue weighted by Gasteiger charge is 2.06. The molecule has 0 amide bonds. The fraction of sp³-hybridized carbons (Fsp3) is 0.611. The van der Waals surface area contributed by atoms with Crippen LogP contribution in [0.25, 0.3) is 0 Å². The number of guanidine groups is 1. The monoisotopic (exact) mass is 371 g/mol. The molecule has 0 radical (unpaired) electrons. The van der Waals surface area contributed by atoms with Gasteiger partial charge < -0.3 is 30.0 Å². The van der Waals surface area contributed by atoms with Gasteiger partial charge in [-0.3, -0.25) is 4.99 Å². The maximum absolute atomic E-state index is 12.8. The fourth-order valence-electron chi connectivity index (χ4n) is 1.94. The summed E-state index contributed by atoms with van der Waals surface area (Å²) in [5, 5.41) is 16.3. The lowest BCUT2D eigenvalue weighted by Crippen LogP contribution is -2.39. The number of aliphatic imine (C=N–C) groups is 1. The van der Waals surface area contributed by atoms with E-state index in [1.807, 2.05) is 6.92 Å². The van der Waals surface area contributed by atoms with Crippen molar-refractivity contribution in [2.75, 3.05) is 53.2 Å². The summed E-state index contributed by atoms with van der Waals surface area (Å²) in [5.74, 6) is 0.811. The van der Waals surface area contributed by atoms with Gasteiger partial charge >= 0.3 is 0 Å². The topological polar surface area (TPSA) is 84.3 Å². The largest absolute Gasteiger partial charge is 0.491 e. The zero-order valence-electron chi connectivity index (χ0n) is 15.5. The molecule has 8 heteroatoms. The quantitative estimate of drug-likeness (QED) is 0.274. The zero-order chi connectivity index (χ0) is 19.0. The Balaban J connectivity index is 2.24. The summed E-state index contributed by atoms with van der Waals surface area (Å²) in [4.78, 5) is 4.33. The predicted molar refractivity (Wildman–Crippen MR) is 99.2 cm³/mol. The Bertz CT molecular complexity index is 500. The van der Waals surface area contributed by atoms with Crippen LogP contribution in [0.15, 0.2) is 29.3 Å². The van der Waals surface area contributed by atoms with Gasteiger partial charge in [0.25, 0.3) is 0 Å². The molecule has 1 rings (SSSR count). The van der Waals surface area contributed by atoms with Crippen LogP contribution in [0.5, 0.6) is 5.75 Å².